The number of nitrogens with zero attached hydrogens (tertiary/aromatic N) is 3. The molecule has 1 N–H and O–H groups in total. The average molecular weight is 398 g/mol. The number of pyridine rings is 1. The van der Waals surface area contributed by atoms with Crippen molar-refractivity contribution in [1.82, 2.24) is 14.3 Å². The van der Waals surface area contributed by atoms with Crippen molar-refractivity contribution in [2.75, 3.05) is 13.1 Å². The van der Waals surface area contributed by atoms with Crippen LogP contribution in [0.3, 0.4) is 0 Å². The minimum Gasteiger partial charge on any atom is -0.508 e. The molecular weight excluding hydrogens is 378 g/mol. The predicted octanol–water partition coefficient (Wildman–Crippen LogP) is 4.40. The minimum absolute atomic E-state index is 0.316. The van der Waals surface area contributed by atoms with E-state index in [1.165, 1.54) is 22.4 Å². The second-order valence-corrected chi connectivity index (χ2v) is 7.46. The SMILES string of the molecule is Cc1cc(Br)cn2c(CN3CC=C(c4ccc(O)cc4)CC3)cnc12. The number of aromatic hydroxyl groups is 1. The van der Waals surface area contributed by atoms with Crippen molar-refractivity contribution in [2.45, 2.75) is 19.9 Å². The molecule has 128 valence electrons. The third-order valence-corrected chi connectivity index (χ3v) is 5.18. The normalized spacial score (nSPS) is 15.5. The van der Waals surface area contributed by atoms with Crippen molar-refractivity contribution in [3.05, 3.63) is 70.1 Å². The van der Waals surface area contributed by atoms with Gasteiger partial charge in [0.05, 0.1) is 11.9 Å². The lowest BCUT2D eigenvalue weighted by atomic mass is 9.99. The minimum atomic E-state index is 0.316. The molecular formula is C20H20BrN3O. The Hall–Kier alpha value is -2.11. The zero-order valence-electron chi connectivity index (χ0n) is 14.1. The summed E-state index contributed by atoms with van der Waals surface area (Å²) in [6.07, 6.45) is 7.38. The van der Waals surface area contributed by atoms with Crippen LogP contribution in [0.5, 0.6) is 5.75 Å². The summed E-state index contributed by atoms with van der Waals surface area (Å²) in [5, 5.41) is 9.43. The zero-order valence-corrected chi connectivity index (χ0v) is 15.7. The van der Waals surface area contributed by atoms with E-state index in [-0.39, 0.29) is 0 Å². The molecule has 1 aromatic carbocycles. The highest BCUT2D eigenvalue weighted by Crippen LogP contribution is 2.25. The Morgan fingerprint density at radius 1 is 1.24 bits per heavy atom. The summed E-state index contributed by atoms with van der Waals surface area (Å²) in [6, 6.07) is 9.57. The first-order chi connectivity index (χ1) is 12.1. The van der Waals surface area contributed by atoms with Crippen LogP contribution in [0.1, 0.15) is 23.2 Å². The number of halogens is 1. The highest BCUT2D eigenvalue weighted by Gasteiger charge is 2.15. The number of imidazole rings is 1. The van der Waals surface area contributed by atoms with Crippen molar-refractivity contribution < 1.29 is 5.11 Å². The Labute approximate surface area is 155 Å². The van der Waals surface area contributed by atoms with Crippen LogP contribution in [0.4, 0.5) is 0 Å². The van der Waals surface area contributed by atoms with Crippen molar-refractivity contribution in [3.8, 4) is 5.75 Å². The van der Waals surface area contributed by atoms with E-state index in [0.29, 0.717) is 5.75 Å². The summed E-state index contributed by atoms with van der Waals surface area (Å²) in [4.78, 5) is 7.01. The summed E-state index contributed by atoms with van der Waals surface area (Å²) >= 11 is 3.58. The van der Waals surface area contributed by atoms with Crippen molar-refractivity contribution >= 4 is 27.2 Å². The molecule has 0 spiro atoms. The summed E-state index contributed by atoms with van der Waals surface area (Å²) in [5.41, 5.74) is 5.96. The molecule has 1 aliphatic rings. The number of hydrogen-bond donors (Lipinski definition) is 1. The highest BCUT2D eigenvalue weighted by atomic mass is 79.9. The quantitative estimate of drug-likeness (QED) is 0.711. The number of rotatable bonds is 3. The molecule has 0 atom stereocenters. The molecule has 0 fully saturated rings. The molecule has 0 unspecified atom stereocenters. The van der Waals surface area contributed by atoms with Crippen molar-refractivity contribution in [2.24, 2.45) is 0 Å². The van der Waals surface area contributed by atoms with Gasteiger partial charge in [0, 0.05) is 30.3 Å². The number of aromatic nitrogens is 2. The lowest BCUT2D eigenvalue weighted by Gasteiger charge is -2.26. The second kappa shape index (κ2) is 6.65. The Morgan fingerprint density at radius 3 is 2.76 bits per heavy atom. The van der Waals surface area contributed by atoms with Crippen LogP contribution in [0.15, 0.2) is 53.3 Å². The number of benzene rings is 1. The van der Waals surface area contributed by atoms with Gasteiger partial charge in [-0.2, -0.15) is 0 Å². The Balaban J connectivity index is 1.51. The van der Waals surface area contributed by atoms with Gasteiger partial charge >= 0.3 is 0 Å². The molecule has 25 heavy (non-hydrogen) atoms. The van der Waals surface area contributed by atoms with E-state index in [0.717, 1.165) is 36.2 Å². The molecule has 3 aromatic rings. The van der Waals surface area contributed by atoms with Crippen LogP contribution < -0.4 is 0 Å². The summed E-state index contributed by atoms with van der Waals surface area (Å²) in [7, 11) is 0. The number of hydrogen-bond acceptors (Lipinski definition) is 3. The van der Waals surface area contributed by atoms with E-state index in [4.69, 9.17) is 0 Å². The van der Waals surface area contributed by atoms with E-state index in [1.807, 2.05) is 18.3 Å². The standard InChI is InChI=1S/C20H20BrN3O/c1-14-10-17(21)12-24-18(11-22-20(14)24)13-23-8-6-16(7-9-23)15-2-4-19(25)5-3-15/h2-6,10-12,25H,7-9,13H2,1H3. The maximum absolute atomic E-state index is 9.43. The molecule has 0 amide bonds. The first-order valence-corrected chi connectivity index (χ1v) is 9.22. The molecule has 4 rings (SSSR count). The van der Waals surface area contributed by atoms with E-state index < -0.39 is 0 Å². The smallest absolute Gasteiger partial charge is 0.139 e. The molecule has 0 radical (unpaired) electrons. The van der Waals surface area contributed by atoms with E-state index in [2.05, 4.69) is 55.5 Å². The molecule has 0 aliphatic carbocycles. The third kappa shape index (κ3) is 3.34. The predicted molar refractivity (Wildman–Crippen MR) is 104 cm³/mol. The Morgan fingerprint density at radius 2 is 2.04 bits per heavy atom. The maximum atomic E-state index is 9.43. The Kier molecular flexibility index (Phi) is 4.36. The van der Waals surface area contributed by atoms with Crippen LogP contribution in [-0.4, -0.2) is 32.5 Å². The third-order valence-electron chi connectivity index (χ3n) is 4.75. The monoisotopic (exact) mass is 397 g/mol. The van der Waals surface area contributed by atoms with Crippen LogP contribution in [0.2, 0.25) is 0 Å². The van der Waals surface area contributed by atoms with Gasteiger partial charge in [0.1, 0.15) is 11.4 Å². The van der Waals surface area contributed by atoms with Gasteiger partial charge < -0.3 is 9.51 Å². The molecule has 0 bridgehead atoms. The zero-order chi connectivity index (χ0) is 17.4. The lowest BCUT2D eigenvalue weighted by molar-refractivity contribution is 0.289. The fourth-order valence-electron chi connectivity index (χ4n) is 3.40. The summed E-state index contributed by atoms with van der Waals surface area (Å²) in [5.74, 6) is 0.316. The maximum Gasteiger partial charge on any atom is 0.139 e. The molecule has 3 heterocycles. The van der Waals surface area contributed by atoms with Crippen molar-refractivity contribution in [3.63, 3.8) is 0 Å². The molecule has 2 aromatic heterocycles. The summed E-state index contributed by atoms with van der Waals surface area (Å²) in [6.45, 7) is 4.92. The van der Waals surface area contributed by atoms with Gasteiger partial charge in [0.15, 0.2) is 0 Å². The lowest BCUT2D eigenvalue weighted by Crippen LogP contribution is -2.28. The largest absolute Gasteiger partial charge is 0.508 e. The van der Waals surface area contributed by atoms with Gasteiger partial charge in [-0.1, -0.05) is 18.2 Å². The number of aryl methyl sites for hydroxylation is 1. The molecule has 4 nitrogen and oxygen atoms in total. The average Bonchev–Trinajstić information content (AvgIpc) is 2.99. The van der Waals surface area contributed by atoms with Crippen LogP contribution in [0, 0.1) is 6.92 Å². The Bertz CT molecular complexity index is 943. The van der Waals surface area contributed by atoms with Gasteiger partial charge in [0.2, 0.25) is 0 Å². The highest BCUT2D eigenvalue weighted by molar-refractivity contribution is 9.10. The fourth-order valence-corrected chi connectivity index (χ4v) is 3.95. The van der Waals surface area contributed by atoms with Crippen LogP contribution in [-0.2, 0) is 6.54 Å². The molecule has 5 heteroatoms. The molecule has 0 saturated heterocycles. The van der Waals surface area contributed by atoms with E-state index in [9.17, 15) is 5.11 Å². The van der Waals surface area contributed by atoms with Crippen LogP contribution >= 0.6 is 15.9 Å². The van der Waals surface area contributed by atoms with Gasteiger partial charge in [0.25, 0.3) is 0 Å². The van der Waals surface area contributed by atoms with Gasteiger partial charge in [-0.3, -0.25) is 4.90 Å². The molecule has 1 aliphatic heterocycles. The van der Waals surface area contributed by atoms with Gasteiger partial charge in [-0.25, -0.2) is 4.98 Å². The number of phenolic OH excluding ortho intramolecular Hbond substituents is 1. The summed E-state index contributed by atoms with van der Waals surface area (Å²) < 4.78 is 3.25. The van der Waals surface area contributed by atoms with Gasteiger partial charge in [-0.15, -0.1) is 0 Å². The van der Waals surface area contributed by atoms with E-state index in [1.54, 1.807) is 12.1 Å². The van der Waals surface area contributed by atoms with E-state index >= 15 is 0 Å². The first kappa shape index (κ1) is 16.4. The molecule has 0 saturated carbocycles. The second-order valence-electron chi connectivity index (χ2n) is 6.55. The van der Waals surface area contributed by atoms with Crippen LogP contribution in [0.25, 0.3) is 11.2 Å². The number of phenols is 1. The van der Waals surface area contributed by atoms with Crippen molar-refractivity contribution in [1.29, 1.82) is 0 Å². The van der Waals surface area contributed by atoms with Gasteiger partial charge in [-0.05, 0) is 64.2 Å². The topological polar surface area (TPSA) is 40.8 Å². The fraction of sp³-hybridized carbons (Fsp3) is 0.250. The first-order valence-electron chi connectivity index (χ1n) is 8.43. The number of fused-ring (bicyclic) bond motifs is 1.